The van der Waals surface area contributed by atoms with Crippen LogP contribution in [0.25, 0.3) is 0 Å². The SMILES string of the molecule is COc1cc(Br)cc(NC(=O)N2CCOC3(CCOCC3)C2)c1. The molecule has 2 heterocycles. The van der Waals surface area contributed by atoms with Gasteiger partial charge in [-0.25, -0.2) is 4.79 Å². The topological polar surface area (TPSA) is 60.0 Å². The number of benzene rings is 1. The lowest BCUT2D eigenvalue weighted by Gasteiger charge is -2.44. The third-order valence-electron chi connectivity index (χ3n) is 4.30. The molecule has 1 aromatic carbocycles. The van der Waals surface area contributed by atoms with Crippen molar-refractivity contribution in [1.82, 2.24) is 4.90 Å². The standard InChI is InChI=1S/C16H21BrN2O4/c1-21-14-9-12(17)8-13(10-14)18-15(20)19-4-7-23-16(11-19)2-5-22-6-3-16/h8-10H,2-7,11H2,1H3,(H,18,20). The number of nitrogens with zero attached hydrogens (tertiary/aromatic N) is 1. The Labute approximate surface area is 144 Å². The van der Waals surface area contributed by atoms with E-state index in [4.69, 9.17) is 14.2 Å². The van der Waals surface area contributed by atoms with Crippen LogP contribution in [0.3, 0.4) is 0 Å². The lowest BCUT2D eigenvalue weighted by atomic mass is 9.92. The number of rotatable bonds is 2. The summed E-state index contributed by atoms with van der Waals surface area (Å²) >= 11 is 3.42. The summed E-state index contributed by atoms with van der Waals surface area (Å²) in [5, 5.41) is 2.94. The molecule has 2 fully saturated rings. The summed E-state index contributed by atoms with van der Waals surface area (Å²) in [6.07, 6.45) is 1.67. The van der Waals surface area contributed by atoms with Gasteiger partial charge < -0.3 is 24.4 Å². The third-order valence-corrected chi connectivity index (χ3v) is 4.76. The monoisotopic (exact) mass is 384 g/mol. The molecule has 6 nitrogen and oxygen atoms in total. The molecular weight excluding hydrogens is 364 g/mol. The summed E-state index contributed by atoms with van der Waals surface area (Å²) in [5.74, 6) is 0.692. The minimum absolute atomic E-state index is 0.112. The first-order chi connectivity index (χ1) is 11.1. The van der Waals surface area contributed by atoms with Crippen molar-refractivity contribution >= 4 is 27.6 Å². The molecule has 3 rings (SSSR count). The Morgan fingerprint density at radius 1 is 1.30 bits per heavy atom. The average Bonchev–Trinajstić information content (AvgIpc) is 2.55. The molecule has 2 amide bonds. The number of morpholine rings is 1. The molecule has 0 saturated carbocycles. The number of amides is 2. The predicted molar refractivity (Wildman–Crippen MR) is 90.0 cm³/mol. The van der Waals surface area contributed by atoms with Gasteiger partial charge in [-0.2, -0.15) is 0 Å². The van der Waals surface area contributed by atoms with Gasteiger partial charge in [-0.1, -0.05) is 15.9 Å². The molecule has 0 atom stereocenters. The van der Waals surface area contributed by atoms with Gasteiger partial charge in [0.25, 0.3) is 0 Å². The molecule has 0 aliphatic carbocycles. The van der Waals surface area contributed by atoms with Crippen molar-refractivity contribution in [1.29, 1.82) is 0 Å². The first-order valence-electron chi connectivity index (χ1n) is 7.72. The highest BCUT2D eigenvalue weighted by Crippen LogP contribution is 2.30. The zero-order valence-electron chi connectivity index (χ0n) is 13.1. The van der Waals surface area contributed by atoms with Crippen molar-refractivity contribution in [2.45, 2.75) is 18.4 Å². The Kier molecular flexibility index (Phi) is 5.08. The normalized spacial score (nSPS) is 20.3. The second-order valence-electron chi connectivity index (χ2n) is 5.88. The number of ether oxygens (including phenoxy) is 3. The molecule has 2 aliphatic heterocycles. The van der Waals surface area contributed by atoms with Gasteiger partial charge in [0.1, 0.15) is 5.75 Å². The fourth-order valence-electron chi connectivity index (χ4n) is 3.02. The second-order valence-corrected chi connectivity index (χ2v) is 6.79. The number of anilines is 1. The molecule has 0 radical (unpaired) electrons. The van der Waals surface area contributed by atoms with E-state index in [-0.39, 0.29) is 11.6 Å². The van der Waals surface area contributed by atoms with Gasteiger partial charge in [-0.05, 0) is 12.1 Å². The molecule has 2 aliphatic rings. The van der Waals surface area contributed by atoms with Gasteiger partial charge in [-0.15, -0.1) is 0 Å². The van der Waals surface area contributed by atoms with E-state index in [2.05, 4.69) is 21.2 Å². The van der Waals surface area contributed by atoms with Crippen molar-refractivity contribution in [2.24, 2.45) is 0 Å². The number of carbonyl (C=O) groups excluding carboxylic acids is 1. The van der Waals surface area contributed by atoms with Crippen LogP contribution in [0.1, 0.15) is 12.8 Å². The van der Waals surface area contributed by atoms with Crippen LogP contribution in [0, 0.1) is 0 Å². The minimum Gasteiger partial charge on any atom is -0.497 e. The van der Waals surface area contributed by atoms with Crippen molar-refractivity contribution in [3.8, 4) is 5.75 Å². The summed E-state index contributed by atoms with van der Waals surface area (Å²) in [6, 6.07) is 5.39. The fraction of sp³-hybridized carbons (Fsp3) is 0.562. The van der Waals surface area contributed by atoms with Gasteiger partial charge in [0.2, 0.25) is 0 Å². The number of urea groups is 1. The number of hydrogen-bond acceptors (Lipinski definition) is 4. The van der Waals surface area contributed by atoms with E-state index >= 15 is 0 Å². The van der Waals surface area contributed by atoms with Crippen LogP contribution in [0.15, 0.2) is 22.7 Å². The Bertz CT molecular complexity index is 570. The summed E-state index contributed by atoms with van der Waals surface area (Å²) in [5.41, 5.74) is 0.455. The number of carbonyl (C=O) groups is 1. The highest BCUT2D eigenvalue weighted by molar-refractivity contribution is 9.10. The van der Waals surface area contributed by atoms with Crippen molar-refractivity contribution in [3.63, 3.8) is 0 Å². The largest absolute Gasteiger partial charge is 0.497 e. The van der Waals surface area contributed by atoms with E-state index in [1.54, 1.807) is 13.2 Å². The van der Waals surface area contributed by atoms with Gasteiger partial charge in [0.05, 0.1) is 25.9 Å². The summed E-state index contributed by atoms with van der Waals surface area (Å²) < 4.78 is 17.5. The molecule has 0 bridgehead atoms. The molecule has 0 unspecified atom stereocenters. The molecule has 1 N–H and O–H groups in total. The smallest absolute Gasteiger partial charge is 0.322 e. The van der Waals surface area contributed by atoms with Gasteiger partial charge in [0, 0.05) is 48.8 Å². The Hall–Kier alpha value is -1.31. The van der Waals surface area contributed by atoms with Crippen molar-refractivity contribution in [3.05, 3.63) is 22.7 Å². The van der Waals surface area contributed by atoms with E-state index in [9.17, 15) is 4.79 Å². The minimum atomic E-state index is -0.247. The Morgan fingerprint density at radius 3 is 2.83 bits per heavy atom. The van der Waals surface area contributed by atoms with Crippen molar-refractivity contribution in [2.75, 3.05) is 45.3 Å². The van der Waals surface area contributed by atoms with Crippen LogP contribution in [0.2, 0.25) is 0 Å². The molecule has 7 heteroatoms. The molecule has 0 aromatic heterocycles. The summed E-state index contributed by atoms with van der Waals surface area (Å²) in [6.45, 7) is 3.15. The lowest BCUT2D eigenvalue weighted by molar-refractivity contribution is -0.144. The van der Waals surface area contributed by atoms with E-state index in [0.717, 1.165) is 17.3 Å². The van der Waals surface area contributed by atoms with E-state index in [1.165, 1.54) is 0 Å². The van der Waals surface area contributed by atoms with E-state index < -0.39 is 0 Å². The average molecular weight is 385 g/mol. The highest BCUT2D eigenvalue weighted by Gasteiger charge is 2.39. The van der Waals surface area contributed by atoms with E-state index in [1.807, 2.05) is 17.0 Å². The quantitative estimate of drug-likeness (QED) is 0.851. The Morgan fingerprint density at radius 2 is 2.09 bits per heavy atom. The maximum absolute atomic E-state index is 12.6. The summed E-state index contributed by atoms with van der Waals surface area (Å²) in [7, 11) is 1.60. The van der Waals surface area contributed by atoms with E-state index in [0.29, 0.717) is 44.3 Å². The molecule has 1 spiro atoms. The molecule has 1 aromatic rings. The van der Waals surface area contributed by atoms with Crippen LogP contribution in [-0.2, 0) is 9.47 Å². The first kappa shape index (κ1) is 16.5. The number of nitrogens with one attached hydrogen (secondary N) is 1. The van der Waals surface area contributed by atoms with Gasteiger partial charge in [0.15, 0.2) is 0 Å². The van der Waals surface area contributed by atoms with Crippen LogP contribution in [0.4, 0.5) is 10.5 Å². The van der Waals surface area contributed by atoms with Gasteiger partial charge >= 0.3 is 6.03 Å². The van der Waals surface area contributed by atoms with Crippen LogP contribution in [0.5, 0.6) is 5.75 Å². The number of halogens is 1. The van der Waals surface area contributed by atoms with Crippen LogP contribution < -0.4 is 10.1 Å². The van der Waals surface area contributed by atoms with Crippen LogP contribution >= 0.6 is 15.9 Å². The molecule has 126 valence electrons. The maximum atomic E-state index is 12.6. The number of methoxy groups -OCH3 is 1. The zero-order valence-corrected chi connectivity index (χ0v) is 14.7. The third kappa shape index (κ3) is 3.97. The molecule has 23 heavy (non-hydrogen) atoms. The number of hydrogen-bond donors (Lipinski definition) is 1. The second kappa shape index (κ2) is 7.07. The maximum Gasteiger partial charge on any atom is 0.322 e. The fourth-order valence-corrected chi connectivity index (χ4v) is 3.49. The first-order valence-corrected chi connectivity index (χ1v) is 8.52. The molecular formula is C16H21BrN2O4. The zero-order chi connectivity index (χ0) is 16.3. The molecule has 2 saturated heterocycles. The van der Waals surface area contributed by atoms with Gasteiger partial charge in [-0.3, -0.25) is 0 Å². The highest BCUT2D eigenvalue weighted by atomic mass is 79.9. The van der Waals surface area contributed by atoms with Crippen LogP contribution in [-0.4, -0.2) is 56.6 Å². The lowest BCUT2D eigenvalue weighted by Crippen LogP contribution is -2.56. The van der Waals surface area contributed by atoms with Crippen molar-refractivity contribution < 1.29 is 19.0 Å². The predicted octanol–water partition coefficient (Wildman–Crippen LogP) is 2.87. The summed E-state index contributed by atoms with van der Waals surface area (Å²) in [4.78, 5) is 14.4. The Balaban J connectivity index is 1.67.